The second-order valence-corrected chi connectivity index (χ2v) is 7.59. The number of amides is 1. The summed E-state index contributed by atoms with van der Waals surface area (Å²) in [5.74, 6) is 1.45. The highest BCUT2D eigenvalue weighted by molar-refractivity contribution is 6.33. The summed E-state index contributed by atoms with van der Waals surface area (Å²) in [6.45, 7) is 6.09. The number of anilines is 1. The third-order valence-corrected chi connectivity index (χ3v) is 4.74. The number of ether oxygens (including phenoxy) is 2. The number of nitrogens with zero attached hydrogens (tertiary/aromatic N) is 3. The Morgan fingerprint density at radius 1 is 1.37 bits per heavy atom. The van der Waals surface area contributed by atoms with E-state index in [1.165, 1.54) is 6.07 Å². The van der Waals surface area contributed by atoms with E-state index < -0.39 is 6.09 Å². The number of aryl methyl sites for hydroxylation is 2. The number of nitrogens with one attached hydrogen (secondary N) is 1. The van der Waals surface area contributed by atoms with Crippen molar-refractivity contribution >= 4 is 23.4 Å². The standard InChI is InChI=1S/C20H24ClN5O4/c1-11(2)16(22)10-28-17-6-5-13(8-14(17)19-15(21)9-23-26(19)4)24-20(27)29-18-7-12(3)30-25-18/h5-9,11,16H,10,22H2,1-4H3,(H,24,27)/t16-/m0/s1. The highest BCUT2D eigenvalue weighted by atomic mass is 35.5. The Hall–Kier alpha value is -3.04. The first-order valence-corrected chi connectivity index (χ1v) is 9.75. The third-order valence-electron chi connectivity index (χ3n) is 4.47. The van der Waals surface area contributed by atoms with Crippen LogP contribution in [0.25, 0.3) is 11.3 Å². The summed E-state index contributed by atoms with van der Waals surface area (Å²) < 4.78 is 17.6. The number of carbonyl (C=O) groups is 1. The van der Waals surface area contributed by atoms with Crippen molar-refractivity contribution < 1.29 is 18.8 Å². The van der Waals surface area contributed by atoms with Crippen LogP contribution in [-0.4, -0.2) is 33.7 Å². The summed E-state index contributed by atoms with van der Waals surface area (Å²) in [6, 6.07) is 6.54. The van der Waals surface area contributed by atoms with E-state index in [9.17, 15) is 4.79 Å². The van der Waals surface area contributed by atoms with Crippen molar-refractivity contribution in [1.29, 1.82) is 0 Å². The van der Waals surface area contributed by atoms with E-state index in [-0.39, 0.29) is 17.8 Å². The van der Waals surface area contributed by atoms with Gasteiger partial charge >= 0.3 is 6.09 Å². The molecule has 10 heteroatoms. The van der Waals surface area contributed by atoms with Crippen LogP contribution in [0.15, 0.2) is 35.0 Å². The number of aromatic nitrogens is 3. The minimum atomic E-state index is -0.708. The molecule has 30 heavy (non-hydrogen) atoms. The Morgan fingerprint density at radius 2 is 2.13 bits per heavy atom. The van der Waals surface area contributed by atoms with E-state index >= 15 is 0 Å². The van der Waals surface area contributed by atoms with Crippen LogP contribution in [0.5, 0.6) is 11.6 Å². The van der Waals surface area contributed by atoms with Crippen LogP contribution in [0, 0.1) is 12.8 Å². The van der Waals surface area contributed by atoms with Crippen molar-refractivity contribution in [2.75, 3.05) is 11.9 Å². The molecule has 0 saturated carbocycles. The summed E-state index contributed by atoms with van der Waals surface area (Å²) >= 11 is 6.34. The quantitative estimate of drug-likeness (QED) is 0.577. The molecule has 1 aromatic carbocycles. The Balaban J connectivity index is 1.85. The van der Waals surface area contributed by atoms with Crippen LogP contribution in [-0.2, 0) is 7.05 Å². The SMILES string of the molecule is Cc1cc(OC(=O)Nc2ccc(OC[C@H](N)C(C)C)c(-c3c(Cl)cnn3C)c2)no1. The van der Waals surface area contributed by atoms with E-state index in [1.807, 2.05) is 13.8 Å². The Bertz CT molecular complexity index is 1010. The van der Waals surface area contributed by atoms with Crippen molar-refractivity contribution in [2.24, 2.45) is 18.7 Å². The van der Waals surface area contributed by atoms with E-state index in [0.29, 0.717) is 40.1 Å². The van der Waals surface area contributed by atoms with Crippen LogP contribution < -0.4 is 20.5 Å². The lowest BCUT2D eigenvalue weighted by Gasteiger charge is -2.19. The van der Waals surface area contributed by atoms with Gasteiger partial charge in [0.15, 0.2) is 0 Å². The van der Waals surface area contributed by atoms with Gasteiger partial charge in [-0.05, 0) is 36.2 Å². The third kappa shape index (κ3) is 5.11. The van der Waals surface area contributed by atoms with Gasteiger partial charge in [0.2, 0.25) is 0 Å². The van der Waals surface area contributed by atoms with Crippen molar-refractivity contribution in [2.45, 2.75) is 26.8 Å². The molecule has 3 rings (SSSR count). The molecule has 0 radical (unpaired) electrons. The largest absolute Gasteiger partial charge is 0.491 e. The van der Waals surface area contributed by atoms with Gasteiger partial charge in [0.05, 0.1) is 16.9 Å². The second-order valence-electron chi connectivity index (χ2n) is 7.18. The molecule has 0 unspecified atom stereocenters. The monoisotopic (exact) mass is 433 g/mol. The molecule has 2 aromatic heterocycles. The minimum Gasteiger partial charge on any atom is -0.491 e. The average Bonchev–Trinajstić information content (AvgIpc) is 3.24. The van der Waals surface area contributed by atoms with E-state index in [4.69, 9.17) is 31.3 Å². The molecule has 2 heterocycles. The maximum absolute atomic E-state index is 12.2. The lowest BCUT2D eigenvalue weighted by molar-refractivity contribution is 0.210. The molecule has 0 bridgehead atoms. The molecule has 0 fully saturated rings. The van der Waals surface area contributed by atoms with Gasteiger partial charge in [0.1, 0.15) is 18.1 Å². The van der Waals surface area contributed by atoms with Crippen LogP contribution in [0.2, 0.25) is 5.02 Å². The number of hydrogen-bond acceptors (Lipinski definition) is 7. The normalized spacial score (nSPS) is 12.1. The molecular formula is C20H24ClN5O4. The van der Waals surface area contributed by atoms with Crippen LogP contribution >= 0.6 is 11.6 Å². The molecule has 9 nitrogen and oxygen atoms in total. The summed E-state index contributed by atoms with van der Waals surface area (Å²) in [6.07, 6.45) is 0.836. The first kappa shape index (κ1) is 21.7. The molecule has 3 aromatic rings. The zero-order valence-corrected chi connectivity index (χ0v) is 17.9. The highest BCUT2D eigenvalue weighted by Gasteiger charge is 2.18. The fourth-order valence-electron chi connectivity index (χ4n) is 2.64. The maximum Gasteiger partial charge on any atom is 0.418 e. The molecule has 160 valence electrons. The Morgan fingerprint density at radius 3 is 2.73 bits per heavy atom. The van der Waals surface area contributed by atoms with E-state index in [1.54, 1.807) is 43.0 Å². The number of halogens is 1. The molecule has 0 saturated heterocycles. The maximum atomic E-state index is 12.2. The zero-order valence-electron chi connectivity index (χ0n) is 17.2. The number of benzene rings is 1. The number of hydrogen-bond donors (Lipinski definition) is 2. The van der Waals surface area contributed by atoms with Gasteiger partial charge in [-0.1, -0.05) is 25.4 Å². The topological polar surface area (TPSA) is 117 Å². The van der Waals surface area contributed by atoms with E-state index in [0.717, 1.165) is 0 Å². The molecule has 1 atom stereocenters. The van der Waals surface area contributed by atoms with Gasteiger partial charge in [-0.25, -0.2) is 4.79 Å². The minimum absolute atomic E-state index is 0.0718. The van der Waals surface area contributed by atoms with Crippen LogP contribution in [0.1, 0.15) is 19.6 Å². The van der Waals surface area contributed by atoms with Crippen molar-refractivity contribution in [1.82, 2.24) is 14.9 Å². The number of rotatable bonds is 7. The summed E-state index contributed by atoms with van der Waals surface area (Å²) in [5, 5.41) is 10.9. The molecule has 0 aliphatic carbocycles. The predicted molar refractivity (Wildman–Crippen MR) is 113 cm³/mol. The van der Waals surface area contributed by atoms with E-state index in [2.05, 4.69) is 15.6 Å². The van der Waals surface area contributed by atoms with Gasteiger partial charge in [-0.3, -0.25) is 10.00 Å². The molecule has 0 aliphatic rings. The van der Waals surface area contributed by atoms with Gasteiger partial charge in [0, 0.05) is 30.4 Å². The van der Waals surface area contributed by atoms with Crippen LogP contribution in [0.3, 0.4) is 0 Å². The second kappa shape index (κ2) is 9.19. The fraction of sp³-hybridized carbons (Fsp3) is 0.350. The van der Waals surface area contributed by atoms with Gasteiger partial charge in [0.25, 0.3) is 5.88 Å². The fourth-order valence-corrected chi connectivity index (χ4v) is 2.91. The molecule has 0 aliphatic heterocycles. The summed E-state index contributed by atoms with van der Waals surface area (Å²) in [4.78, 5) is 12.2. The van der Waals surface area contributed by atoms with Crippen LogP contribution in [0.4, 0.5) is 10.5 Å². The predicted octanol–water partition coefficient (Wildman–Crippen LogP) is 4.01. The first-order chi connectivity index (χ1) is 14.2. The highest BCUT2D eigenvalue weighted by Crippen LogP contribution is 2.36. The average molecular weight is 434 g/mol. The Kier molecular flexibility index (Phi) is 6.63. The number of carbonyl (C=O) groups excluding carboxylic acids is 1. The Labute approximate surface area is 179 Å². The first-order valence-electron chi connectivity index (χ1n) is 9.37. The lowest BCUT2D eigenvalue weighted by Crippen LogP contribution is -2.33. The molecule has 1 amide bonds. The lowest BCUT2D eigenvalue weighted by atomic mass is 10.1. The molecular weight excluding hydrogens is 410 g/mol. The zero-order chi connectivity index (χ0) is 21.8. The summed E-state index contributed by atoms with van der Waals surface area (Å²) in [7, 11) is 1.77. The van der Waals surface area contributed by atoms with Crippen molar-refractivity contribution in [3.8, 4) is 22.9 Å². The van der Waals surface area contributed by atoms with Gasteiger partial charge in [-0.15, -0.1) is 0 Å². The van der Waals surface area contributed by atoms with Crippen molar-refractivity contribution in [3.05, 3.63) is 41.2 Å². The molecule has 3 N–H and O–H groups in total. The number of nitrogens with two attached hydrogens (primary N) is 1. The summed E-state index contributed by atoms with van der Waals surface area (Å²) in [5.41, 5.74) is 7.89. The van der Waals surface area contributed by atoms with Crippen molar-refractivity contribution in [3.63, 3.8) is 0 Å². The molecule has 0 spiro atoms. The van der Waals surface area contributed by atoms with Gasteiger partial charge in [-0.2, -0.15) is 5.10 Å². The van der Waals surface area contributed by atoms with Gasteiger partial charge < -0.3 is 19.7 Å². The smallest absolute Gasteiger partial charge is 0.418 e.